The van der Waals surface area contributed by atoms with Crippen LogP contribution in [0.5, 0.6) is 0 Å². The molecule has 3 aromatic rings. The fourth-order valence-corrected chi connectivity index (χ4v) is 4.79. The van der Waals surface area contributed by atoms with E-state index in [4.69, 9.17) is 4.74 Å². The van der Waals surface area contributed by atoms with Gasteiger partial charge in [0.15, 0.2) is 6.61 Å². The zero-order valence-corrected chi connectivity index (χ0v) is 22.2. The molecule has 4 rings (SSSR count). The number of rotatable bonds is 10. The van der Waals surface area contributed by atoms with Crippen LogP contribution in [0.1, 0.15) is 48.4 Å². The Balaban J connectivity index is 1.35. The van der Waals surface area contributed by atoms with Crippen LogP contribution >= 0.6 is 0 Å². The lowest BCUT2D eigenvalue weighted by Crippen LogP contribution is -2.45. The first-order valence-corrected chi connectivity index (χ1v) is 13.2. The van der Waals surface area contributed by atoms with Crippen LogP contribution in [0.2, 0.25) is 0 Å². The average Bonchev–Trinajstić information content (AvgIpc) is 3.32. The molecular formula is C31H33N3O5. The van der Waals surface area contributed by atoms with Gasteiger partial charge in [-0.05, 0) is 35.1 Å². The number of carbonyl (C=O) groups is 4. The summed E-state index contributed by atoms with van der Waals surface area (Å²) in [6.45, 7) is 3.53. The number of aryl methyl sites for hydroxylation is 2. The number of esters is 1. The second-order valence-corrected chi connectivity index (χ2v) is 9.45. The van der Waals surface area contributed by atoms with Crippen molar-refractivity contribution in [3.8, 4) is 0 Å². The van der Waals surface area contributed by atoms with Gasteiger partial charge in [0.2, 0.25) is 5.91 Å². The highest BCUT2D eigenvalue weighted by molar-refractivity contribution is 5.95. The van der Waals surface area contributed by atoms with E-state index in [9.17, 15) is 19.2 Å². The Labute approximate surface area is 228 Å². The number of nitrogens with zero attached hydrogens (tertiary/aromatic N) is 1. The quantitative estimate of drug-likeness (QED) is 0.388. The van der Waals surface area contributed by atoms with Gasteiger partial charge in [-0.1, -0.05) is 92.7 Å². The Kier molecular flexibility index (Phi) is 9.10. The Bertz CT molecular complexity index is 1260. The van der Waals surface area contributed by atoms with E-state index in [1.807, 2.05) is 92.7 Å². The maximum atomic E-state index is 13.3. The summed E-state index contributed by atoms with van der Waals surface area (Å²) in [5, 5.41) is 4.03. The molecule has 2 N–H and O–H groups in total. The lowest BCUT2D eigenvalue weighted by molar-refractivity contribution is -0.151. The summed E-state index contributed by atoms with van der Waals surface area (Å²) in [6.07, 6.45) is 1.40. The molecule has 1 atom stereocenters. The zero-order valence-electron chi connectivity index (χ0n) is 22.2. The molecule has 8 nitrogen and oxygen atoms in total. The lowest BCUT2D eigenvalue weighted by Gasteiger charge is -2.23. The molecule has 0 aliphatic carbocycles. The van der Waals surface area contributed by atoms with Crippen LogP contribution in [0.25, 0.3) is 0 Å². The van der Waals surface area contributed by atoms with Crippen molar-refractivity contribution in [3.05, 3.63) is 101 Å². The highest BCUT2D eigenvalue weighted by Crippen LogP contribution is 2.26. The predicted molar refractivity (Wildman–Crippen MR) is 147 cm³/mol. The van der Waals surface area contributed by atoms with E-state index in [1.54, 1.807) is 0 Å². The van der Waals surface area contributed by atoms with E-state index < -0.39 is 30.3 Å². The summed E-state index contributed by atoms with van der Waals surface area (Å²) < 4.78 is 5.25. The van der Waals surface area contributed by atoms with Crippen LogP contribution in [0, 0.1) is 5.92 Å². The van der Waals surface area contributed by atoms with Crippen molar-refractivity contribution in [2.75, 3.05) is 18.5 Å². The van der Waals surface area contributed by atoms with E-state index in [1.165, 1.54) is 0 Å². The molecule has 0 saturated carbocycles. The van der Waals surface area contributed by atoms with E-state index in [0.29, 0.717) is 0 Å². The Morgan fingerprint density at radius 2 is 1.44 bits per heavy atom. The minimum Gasteiger partial charge on any atom is -0.455 e. The molecule has 1 aliphatic rings. The van der Waals surface area contributed by atoms with E-state index >= 15 is 0 Å². The number of hydrazine groups is 1. The Morgan fingerprint density at radius 1 is 0.872 bits per heavy atom. The Morgan fingerprint density at radius 3 is 1.97 bits per heavy atom. The highest BCUT2D eigenvalue weighted by atomic mass is 16.5. The first-order chi connectivity index (χ1) is 18.9. The first-order valence-electron chi connectivity index (χ1n) is 13.2. The van der Waals surface area contributed by atoms with E-state index in [0.717, 1.165) is 45.8 Å². The van der Waals surface area contributed by atoms with Gasteiger partial charge in [0.1, 0.15) is 0 Å². The van der Waals surface area contributed by atoms with Crippen LogP contribution in [-0.2, 0) is 36.8 Å². The molecular weight excluding hydrogens is 494 g/mol. The number of para-hydroxylation sites is 1. The van der Waals surface area contributed by atoms with Crippen LogP contribution < -0.4 is 10.7 Å². The molecule has 0 bridgehead atoms. The second kappa shape index (κ2) is 12.9. The average molecular weight is 528 g/mol. The molecule has 0 radical (unpaired) electrons. The fourth-order valence-electron chi connectivity index (χ4n) is 4.79. The van der Waals surface area contributed by atoms with Crippen molar-refractivity contribution in [2.45, 2.75) is 39.0 Å². The van der Waals surface area contributed by atoms with Crippen molar-refractivity contribution in [2.24, 2.45) is 5.92 Å². The summed E-state index contributed by atoms with van der Waals surface area (Å²) >= 11 is 0. The van der Waals surface area contributed by atoms with Crippen LogP contribution in [0.3, 0.4) is 0 Å². The number of amides is 3. The third-order valence-corrected chi connectivity index (χ3v) is 6.84. The maximum absolute atomic E-state index is 13.3. The van der Waals surface area contributed by atoms with E-state index in [2.05, 4.69) is 10.7 Å². The molecule has 0 unspecified atom stereocenters. The third-order valence-electron chi connectivity index (χ3n) is 6.84. The molecule has 1 fully saturated rings. The molecule has 202 valence electrons. The summed E-state index contributed by atoms with van der Waals surface area (Å²) in [5.41, 5.74) is 7.02. The number of hydrogen-bond acceptors (Lipinski definition) is 5. The van der Waals surface area contributed by atoms with Crippen molar-refractivity contribution in [1.82, 2.24) is 10.4 Å². The number of ether oxygens (including phenoxy) is 1. The van der Waals surface area contributed by atoms with Gasteiger partial charge >= 0.3 is 5.97 Å². The normalized spacial score (nSPS) is 14.8. The van der Waals surface area contributed by atoms with Gasteiger partial charge < -0.3 is 10.1 Å². The number of carbonyl (C=O) groups excluding carboxylic acids is 4. The van der Waals surface area contributed by atoms with Crippen molar-refractivity contribution in [3.63, 3.8) is 0 Å². The maximum Gasteiger partial charge on any atom is 0.311 e. The minimum absolute atomic E-state index is 0.0278. The number of benzene rings is 3. The molecule has 8 heteroatoms. The molecule has 3 amide bonds. The minimum atomic E-state index is -0.786. The number of anilines is 1. The van der Waals surface area contributed by atoms with Crippen LogP contribution in [-0.4, -0.2) is 41.9 Å². The molecule has 1 aliphatic heterocycles. The molecule has 1 heterocycles. The monoisotopic (exact) mass is 527 g/mol. The van der Waals surface area contributed by atoms with Gasteiger partial charge in [0.05, 0.1) is 18.4 Å². The van der Waals surface area contributed by atoms with Gasteiger partial charge in [-0.15, -0.1) is 0 Å². The molecule has 3 aromatic carbocycles. The SMILES string of the molecule is CCc1cccc(CC)c1NC(=O)COC(=O)[C@H]1CC(=O)N(NC(=O)C(c2ccccc2)c2ccccc2)C1. The van der Waals surface area contributed by atoms with Gasteiger partial charge in [0, 0.05) is 12.1 Å². The summed E-state index contributed by atoms with van der Waals surface area (Å²) in [7, 11) is 0. The lowest BCUT2D eigenvalue weighted by atomic mass is 9.91. The van der Waals surface area contributed by atoms with Crippen LogP contribution in [0.15, 0.2) is 78.9 Å². The number of nitrogens with one attached hydrogen (secondary N) is 2. The summed E-state index contributed by atoms with van der Waals surface area (Å²) in [5.74, 6) is -3.28. The Hall–Kier alpha value is -4.46. The third kappa shape index (κ3) is 6.71. The highest BCUT2D eigenvalue weighted by Gasteiger charge is 2.38. The van der Waals surface area contributed by atoms with Crippen molar-refractivity contribution in [1.29, 1.82) is 0 Å². The zero-order chi connectivity index (χ0) is 27.8. The molecule has 39 heavy (non-hydrogen) atoms. The largest absolute Gasteiger partial charge is 0.455 e. The summed E-state index contributed by atoms with van der Waals surface area (Å²) in [4.78, 5) is 51.3. The standard InChI is InChI=1S/C31H33N3O5/c1-3-21-16-11-17-22(4-2)29(21)32-26(35)20-39-31(38)25-18-27(36)34(19-25)33-30(37)28(23-12-7-5-8-13-23)24-14-9-6-10-15-24/h5-17,25,28H,3-4,18-20H2,1-2H3,(H,32,35)(H,33,37)/t25-/m0/s1. The van der Waals surface area contributed by atoms with Crippen LogP contribution in [0.4, 0.5) is 5.69 Å². The smallest absolute Gasteiger partial charge is 0.311 e. The fraction of sp³-hybridized carbons (Fsp3) is 0.290. The summed E-state index contributed by atoms with van der Waals surface area (Å²) in [6, 6.07) is 24.4. The molecule has 0 spiro atoms. The van der Waals surface area contributed by atoms with Gasteiger partial charge in [-0.2, -0.15) is 0 Å². The van der Waals surface area contributed by atoms with Gasteiger partial charge in [-0.3, -0.25) is 29.6 Å². The van der Waals surface area contributed by atoms with Crippen molar-refractivity contribution < 1.29 is 23.9 Å². The number of hydrogen-bond donors (Lipinski definition) is 2. The van der Waals surface area contributed by atoms with Gasteiger partial charge in [0.25, 0.3) is 11.8 Å². The first kappa shape index (κ1) is 27.6. The van der Waals surface area contributed by atoms with Crippen molar-refractivity contribution >= 4 is 29.4 Å². The predicted octanol–water partition coefficient (Wildman–Crippen LogP) is 4.00. The molecule has 1 saturated heterocycles. The molecule has 0 aromatic heterocycles. The van der Waals surface area contributed by atoms with Gasteiger partial charge in [-0.25, -0.2) is 0 Å². The second-order valence-electron chi connectivity index (χ2n) is 9.45. The van der Waals surface area contributed by atoms with E-state index in [-0.39, 0.29) is 24.8 Å². The topological polar surface area (TPSA) is 105 Å².